The van der Waals surface area contributed by atoms with Crippen molar-refractivity contribution in [2.24, 2.45) is 5.73 Å². The second kappa shape index (κ2) is 5.76. The van der Waals surface area contributed by atoms with Crippen LogP contribution >= 0.6 is 11.5 Å². The first-order valence-corrected chi connectivity index (χ1v) is 5.30. The van der Waals surface area contributed by atoms with Crippen molar-refractivity contribution in [2.75, 3.05) is 26.7 Å². The van der Waals surface area contributed by atoms with E-state index in [0.29, 0.717) is 6.54 Å². The Morgan fingerprint density at radius 3 is 3.00 bits per heavy atom. The largest absolute Gasteiger partial charge is 0.329 e. The third-order valence-electron chi connectivity index (χ3n) is 1.70. The number of nitrogens with zero attached hydrogens (tertiary/aromatic N) is 2. The maximum atomic E-state index is 5.42. The van der Waals surface area contributed by atoms with Crippen LogP contribution in [0.4, 0.5) is 0 Å². The van der Waals surface area contributed by atoms with Gasteiger partial charge in [0.15, 0.2) is 0 Å². The third kappa shape index (κ3) is 3.88. The van der Waals surface area contributed by atoms with E-state index in [1.165, 1.54) is 11.5 Å². The Morgan fingerprint density at radius 2 is 2.43 bits per heavy atom. The van der Waals surface area contributed by atoms with Gasteiger partial charge in [0.2, 0.25) is 0 Å². The molecule has 0 amide bonds. The van der Waals surface area contributed by atoms with E-state index in [-0.39, 0.29) is 0 Å². The summed E-state index contributed by atoms with van der Waals surface area (Å²) in [5.41, 5.74) is 6.45. The van der Waals surface area contributed by atoms with Crippen LogP contribution in [-0.4, -0.2) is 36.0 Å². The van der Waals surface area contributed by atoms with Crippen LogP contribution in [0.5, 0.6) is 0 Å². The molecule has 1 rings (SSSR count). The molecule has 1 aromatic rings. The van der Waals surface area contributed by atoms with Crippen LogP contribution in [-0.2, 0) is 0 Å². The highest BCUT2D eigenvalue weighted by Gasteiger charge is 1.93. The van der Waals surface area contributed by atoms with Crippen LogP contribution in [0.1, 0.15) is 10.6 Å². The maximum Gasteiger partial charge on any atom is 0.0978 e. The highest BCUT2D eigenvalue weighted by molar-refractivity contribution is 7.06. The number of hydrogen-bond acceptors (Lipinski definition) is 4. The molecule has 0 spiro atoms. The fourth-order valence-corrected chi connectivity index (χ4v) is 1.62. The smallest absolute Gasteiger partial charge is 0.0978 e. The lowest BCUT2D eigenvalue weighted by molar-refractivity contribution is 0.386. The molecule has 0 aliphatic carbocycles. The molecule has 1 aromatic heterocycles. The summed E-state index contributed by atoms with van der Waals surface area (Å²) in [5.74, 6) is 6.17. The highest BCUT2D eigenvalue weighted by Crippen LogP contribution is 2.06. The number of rotatable bonds is 3. The lowest BCUT2D eigenvalue weighted by Crippen LogP contribution is -2.25. The van der Waals surface area contributed by atoms with Gasteiger partial charge in [-0.25, -0.2) is 0 Å². The zero-order chi connectivity index (χ0) is 10.4. The zero-order valence-electron chi connectivity index (χ0n) is 8.58. The Bertz CT molecular complexity index is 335. The Labute approximate surface area is 89.1 Å². The molecule has 14 heavy (non-hydrogen) atoms. The van der Waals surface area contributed by atoms with E-state index in [1.54, 1.807) is 0 Å². The Balaban J connectivity index is 2.40. The van der Waals surface area contributed by atoms with Crippen molar-refractivity contribution in [1.29, 1.82) is 0 Å². The van der Waals surface area contributed by atoms with E-state index in [2.05, 4.69) is 21.1 Å². The summed E-state index contributed by atoms with van der Waals surface area (Å²) < 4.78 is 4.16. The van der Waals surface area contributed by atoms with Gasteiger partial charge in [-0.15, -0.1) is 0 Å². The van der Waals surface area contributed by atoms with Gasteiger partial charge in [0.25, 0.3) is 0 Å². The molecule has 0 unspecified atom stereocenters. The first-order valence-electron chi connectivity index (χ1n) is 4.53. The standard InChI is InChI=1S/C10H15N3S/c1-9-8-10(14-12-9)4-3-6-13(2)7-5-11/h8H,5-7,11H2,1-2H3. The first-order chi connectivity index (χ1) is 6.72. The van der Waals surface area contributed by atoms with Gasteiger partial charge in [-0.05, 0) is 31.6 Å². The molecule has 2 N–H and O–H groups in total. The molecule has 0 bridgehead atoms. The average Bonchev–Trinajstić information content (AvgIpc) is 2.52. The third-order valence-corrected chi connectivity index (χ3v) is 2.50. The van der Waals surface area contributed by atoms with Gasteiger partial charge in [0.1, 0.15) is 0 Å². The molecule has 4 heteroatoms. The van der Waals surface area contributed by atoms with Gasteiger partial charge in [-0.3, -0.25) is 4.90 Å². The summed E-state index contributed by atoms with van der Waals surface area (Å²) in [5, 5.41) is 0. The highest BCUT2D eigenvalue weighted by atomic mass is 32.1. The molecule has 0 radical (unpaired) electrons. The molecule has 0 atom stereocenters. The fraction of sp³-hybridized carbons (Fsp3) is 0.500. The first kappa shape index (κ1) is 11.2. The van der Waals surface area contributed by atoms with Crippen LogP contribution in [0.25, 0.3) is 0 Å². The fourth-order valence-electron chi connectivity index (χ4n) is 0.984. The Hall–Kier alpha value is -0.890. The van der Waals surface area contributed by atoms with Crippen LogP contribution in [0.15, 0.2) is 6.07 Å². The van der Waals surface area contributed by atoms with Crippen molar-refractivity contribution in [3.05, 3.63) is 16.6 Å². The van der Waals surface area contributed by atoms with Crippen molar-refractivity contribution in [3.8, 4) is 11.8 Å². The number of nitrogens with two attached hydrogens (primary N) is 1. The van der Waals surface area contributed by atoms with Crippen molar-refractivity contribution in [3.63, 3.8) is 0 Å². The summed E-state index contributed by atoms with van der Waals surface area (Å²) in [6, 6.07) is 2.00. The van der Waals surface area contributed by atoms with Crippen molar-refractivity contribution >= 4 is 11.5 Å². The molecule has 3 nitrogen and oxygen atoms in total. The predicted molar refractivity (Wildman–Crippen MR) is 60.3 cm³/mol. The average molecular weight is 209 g/mol. The Morgan fingerprint density at radius 1 is 1.64 bits per heavy atom. The van der Waals surface area contributed by atoms with Gasteiger partial charge in [0, 0.05) is 13.1 Å². The number of aryl methyl sites for hydroxylation is 1. The molecule has 0 saturated carbocycles. The topological polar surface area (TPSA) is 42.1 Å². The predicted octanol–water partition coefficient (Wildman–Crippen LogP) is 0.694. The molecular weight excluding hydrogens is 194 g/mol. The SMILES string of the molecule is Cc1cc(C#CCN(C)CCN)sn1. The van der Waals surface area contributed by atoms with Crippen molar-refractivity contribution < 1.29 is 0 Å². The monoisotopic (exact) mass is 209 g/mol. The lowest BCUT2D eigenvalue weighted by atomic mass is 10.4. The minimum absolute atomic E-state index is 0.678. The summed E-state index contributed by atoms with van der Waals surface area (Å²) in [4.78, 5) is 3.13. The van der Waals surface area contributed by atoms with E-state index >= 15 is 0 Å². The minimum Gasteiger partial charge on any atom is -0.329 e. The molecule has 0 aliphatic rings. The van der Waals surface area contributed by atoms with Gasteiger partial charge < -0.3 is 5.73 Å². The van der Waals surface area contributed by atoms with E-state index in [4.69, 9.17) is 5.73 Å². The van der Waals surface area contributed by atoms with Gasteiger partial charge in [0.05, 0.1) is 17.1 Å². The van der Waals surface area contributed by atoms with E-state index in [9.17, 15) is 0 Å². The molecule has 1 heterocycles. The molecule has 0 aliphatic heterocycles. The summed E-state index contributed by atoms with van der Waals surface area (Å²) in [6.45, 7) is 4.30. The van der Waals surface area contributed by atoms with E-state index in [0.717, 1.165) is 23.7 Å². The van der Waals surface area contributed by atoms with Gasteiger partial charge >= 0.3 is 0 Å². The number of aromatic nitrogens is 1. The van der Waals surface area contributed by atoms with Crippen LogP contribution < -0.4 is 5.73 Å². The zero-order valence-corrected chi connectivity index (χ0v) is 9.40. The molecule has 0 saturated heterocycles. The molecule has 0 aromatic carbocycles. The Kier molecular flexibility index (Phi) is 4.60. The second-order valence-corrected chi connectivity index (χ2v) is 3.97. The minimum atomic E-state index is 0.678. The second-order valence-electron chi connectivity index (χ2n) is 3.16. The normalized spacial score (nSPS) is 10.0. The van der Waals surface area contributed by atoms with E-state index < -0.39 is 0 Å². The maximum absolute atomic E-state index is 5.42. The molecule has 0 fully saturated rings. The summed E-state index contributed by atoms with van der Waals surface area (Å²) in [7, 11) is 2.01. The lowest BCUT2D eigenvalue weighted by Gasteiger charge is -2.09. The quantitative estimate of drug-likeness (QED) is 0.745. The van der Waals surface area contributed by atoms with Gasteiger partial charge in [-0.2, -0.15) is 4.37 Å². The number of likely N-dealkylation sites (N-methyl/N-ethyl adjacent to an activating group) is 1. The van der Waals surface area contributed by atoms with Crippen molar-refractivity contribution in [1.82, 2.24) is 9.27 Å². The summed E-state index contributed by atoms with van der Waals surface area (Å²) >= 11 is 1.45. The number of hydrogen-bond donors (Lipinski definition) is 1. The van der Waals surface area contributed by atoms with Crippen LogP contribution in [0, 0.1) is 18.8 Å². The van der Waals surface area contributed by atoms with Crippen LogP contribution in [0.2, 0.25) is 0 Å². The van der Waals surface area contributed by atoms with Gasteiger partial charge in [-0.1, -0.05) is 11.8 Å². The summed E-state index contributed by atoms with van der Waals surface area (Å²) in [6.07, 6.45) is 0. The van der Waals surface area contributed by atoms with Crippen molar-refractivity contribution in [2.45, 2.75) is 6.92 Å². The molecule has 76 valence electrons. The molecular formula is C10H15N3S. The van der Waals surface area contributed by atoms with E-state index in [1.807, 2.05) is 20.0 Å². The van der Waals surface area contributed by atoms with Crippen LogP contribution in [0.3, 0.4) is 0 Å².